The van der Waals surface area contributed by atoms with Crippen LogP contribution in [0.5, 0.6) is 0 Å². The number of nitrogen functional groups attached to an aromatic ring is 1. The largest absolute Gasteiger partial charge is 0.384 e. The number of anilines is 2. The number of rotatable bonds is 2. The zero-order chi connectivity index (χ0) is 14.9. The molecule has 0 aliphatic carbocycles. The summed E-state index contributed by atoms with van der Waals surface area (Å²) in [4.78, 5) is 16.0. The number of nitrogens with two attached hydrogens (primary N) is 1. The highest BCUT2D eigenvalue weighted by atomic mass is 79.9. The number of hydrogen-bond acceptors (Lipinski definition) is 3. The summed E-state index contributed by atoms with van der Waals surface area (Å²) in [5.74, 6) is -0.360. The lowest BCUT2D eigenvalue weighted by Crippen LogP contribution is -2.15. The van der Waals surface area contributed by atoms with Crippen LogP contribution in [-0.4, -0.2) is 10.9 Å². The van der Waals surface area contributed by atoms with E-state index >= 15 is 0 Å². The Morgan fingerprint density at radius 2 is 1.75 bits per heavy atom. The van der Waals surface area contributed by atoms with E-state index in [2.05, 4.69) is 26.2 Å². The molecule has 0 aliphatic heterocycles. The number of aromatic nitrogens is 1. The quantitative estimate of drug-likeness (QED) is 0.778. The number of hydrogen-bond donors (Lipinski definition) is 2. The molecule has 2 rings (SSSR count). The Kier molecular flexibility index (Phi) is 4.75. The van der Waals surface area contributed by atoms with Gasteiger partial charge in [0.25, 0.3) is 5.91 Å². The van der Waals surface area contributed by atoms with Crippen LogP contribution in [0.2, 0.25) is 15.1 Å². The molecule has 1 aromatic heterocycles. The first-order valence-corrected chi connectivity index (χ1v) is 7.19. The molecule has 2 aromatic rings. The molecule has 0 unspecified atom stereocenters. The van der Waals surface area contributed by atoms with Crippen molar-refractivity contribution in [1.29, 1.82) is 0 Å². The molecule has 0 atom stereocenters. The fourth-order valence-electron chi connectivity index (χ4n) is 1.45. The fraction of sp³-hybridized carbons (Fsp3) is 0. The first kappa shape index (κ1) is 15.4. The molecule has 1 heterocycles. The summed E-state index contributed by atoms with van der Waals surface area (Å²) in [6, 6.07) is 6.21. The Bertz CT molecular complexity index is 671. The average molecular weight is 395 g/mol. The fourth-order valence-corrected chi connectivity index (χ4v) is 2.94. The van der Waals surface area contributed by atoms with E-state index < -0.39 is 5.91 Å². The van der Waals surface area contributed by atoms with Crippen LogP contribution < -0.4 is 11.1 Å². The molecule has 0 fully saturated rings. The van der Waals surface area contributed by atoms with Gasteiger partial charge in [-0.2, -0.15) is 0 Å². The van der Waals surface area contributed by atoms with Crippen molar-refractivity contribution in [2.75, 3.05) is 11.1 Å². The molecule has 0 saturated carbocycles. The lowest BCUT2D eigenvalue weighted by Gasteiger charge is -2.10. The number of carbonyl (C=O) groups excluding carboxylic acids is 1. The average Bonchev–Trinajstić information content (AvgIpc) is 2.36. The standard InChI is InChI=1S/C12H7BrCl3N3O/c13-5-3-7(15)10(8(16)4-5)19-12(20)11-6(14)1-2-9(17)18-11/h1-4H,(H2,17,18)(H,19,20). The highest BCUT2D eigenvalue weighted by molar-refractivity contribution is 9.10. The second-order valence-corrected chi connectivity index (χ2v) is 5.90. The van der Waals surface area contributed by atoms with Gasteiger partial charge in [0.2, 0.25) is 0 Å². The van der Waals surface area contributed by atoms with E-state index in [1.165, 1.54) is 12.1 Å². The molecule has 0 aliphatic rings. The zero-order valence-electron chi connectivity index (χ0n) is 9.75. The van der Waals surface area contributed by atoms with Gasteiger partial charge in [-0.25, -0.2) is 4.98 Å². The van der Waals surface area contributed by atoms with Gasteiger partial charge >= 0.3 is 0 Å². The predicted molar refractivity (Wildman–Crippen MR) is 85.8 cm³/mol. The molecular weight excluding hydrogens is 388 g/mol. The summed E-state index contributed by atoms with van der Waals surface area (Å²) in [7, 11) is 0. The topological polar surface area (TPSA) is 68.0 Å². The number of carbonyl (C=O) groups is 1. The van der Waals surface area contributed by atoms with Gasteiger partial charge in [0.1, 0.15) is 11.5 Å². The third-order valence-electron chi connectivity index (χ3n) is 2.33. The molecule has 0 saturated heterocycles. The smallest absolute Gasteiger partial charge is 0.275 e. The lowest BCUT2D eigenvalue weighted by molar-refractivity contribution is 0.102. The van der Waals surface area contributed by atoms with Crippen molar-refractivity contribution in [1.82, 2.24) is 4.98 Å². The summed E-state index contributed by atoms with van der Waals surface area (Å²) < 4.78 is 0.700. The van der Waals surface area contributed by atoms with Crippen LogP contribution in [0.1, 0.15) is 10.5 Å². The summed E-state index contributed by atoms with van der Waals surface area (Å²) in [6.45, 7) is 0. The molecule has 8 heteroatoms. The van der Waals surface area contributed by atoms with Crippen LogP contribution in [0.4, 0.5) is 11.5 Å². The Balaban J connectivity index is 2.35. The van der Waals surface area contributed by atoms with E-state index in [4.69, 9.17) is 40.5 Å². The highest BCUT2D eigenvalue weighted by Crippen LogP contribution is 2.34. The van der Waals surface area contributed by atoms with Crippen molar-refractivity contribution in [3.8, 4) is 0 Å². The van der Waals surface area contributed by atoms with Crippen LogP contribution in [-0.2, 0) is 0 Å². The van der Waals surface area contributed by atoms with Gasteiger partial charge in [0.15, 0.2) is 0 Å². The molecule has 1 amide bonds. The van der Waals surface area contributed by atoms with Gasteiger partial charge < -0.3 is 11.1 Å². The molecule has 104 valence electrons. The third kappa shape index (κ3) is 3.35. The summed E-state index contributed by atoms with van der Waals surface area (Å²) in [6.07, 6.45) is 0. The van der Waals surface area contributed by atoms with Crippen molar-refractivity contribution in [3.05, 3.63) is 49.5 Å². The van der Waals surface area contributed by atoms with E-state index in [1.54, 1.807) is 12.1 Å². The monoisotopic (exact) mass is 393 g/mol. The SMILES string of the molecule is Nc1ccc(Cl)c(C(=O)Nc2c(Cl)cc(Br)cc2Cl)n1. The maximum atomic E-state index is 12.1. The van der Waals surface area contributed by atoms with E-state index in [-0.39, 0.29) is 32.3 Å². The van der Waals surface area contributed by atoms with Gasteiger partial charge in [0, 0.05) is 4.47 Å². The van der Waals surface area contributed by atoms with Crippen molar-refractivity contribution < 1.29 is 4.79 Å². The number of halogens is 4. The number of nitrogens with zero attached hydrogens (tertiary/aromatic N) is 1. The number of pyridine rings is 1. The van der Waals surface area contributed by atoms with Gasteiger partial charge in [0.05, 0.1) is 20.8 Å². The van der Waals surface area contributed by atoms with E-state index in [0.29, 0.717) is 4.47 Å². The maximum Gasteiger partial charge on any atom is 0.275 e. The van der Waals surface area contributed by atoms with Crippen molar-refractivity contribution in [2.24, 2.45) is 0 Å². The van der Waals surface area contributed by atoms with E-state index in [1.807, 2.05) is 0 Å². The minimum atomic E-state index is -0.548. The summed E-state index contributed by atoms with van der Waals surface area (Å²) >= 11 is 21.2. The van der Waals surface area contributed by atoms with Gasteiger partial charge in [-0.05, 0) is 24.3 Å². The molecule has 3 N–H and O–H groups in total. The van der Waals surface area contributed by atoms with Gasteiger partial charge in [-0.15, -0.1) is 0 Å². The second kappa shape index (κ2) is 6.18. The van der Waals surface area contributed by atoms with Crippen LogP contribution in [0.3, 0.4) is 0 Å². The molecule has 0 bridgehead atoms. The Hall–Kier alpha value is -1.01. The van der Waals surface area contributed by atoms with Crippen molar-refractivity contribution in [3.63, 3.8) is 0 Å². The van der Waals surface area contributed by atoms with Crippen molar-refractivity contribution in [2.45, 2.75) is 0 Å². The number of nitrogens with one attached hydrogen (secondary N) is 1. The first-order chi connectivity index (χ1) is 9.38. The van der Waals surface area contributed by atoms with Gasteiger partial charge in [-0.3, -0.25) is 4.79 Å². The summed E-state index contributed by atoms with van der Waals surface area (Å²) in [5.41, 5.74) is 5.81. The molecular formula is C12H7BrCl3N3O. The number of amides is 1. The molecule has 4 nitrogen and oxygen atoms in total. The van der Waals surface area contributed by atoms with Crippen LogP contribution >= 0.6 is 50.7 Å². The normalized spacial score (nSPS) is 10.4. The molecule has 0 spiro atoms. The highest BCUT2D eigenvalue weighted by Gasteiger charge is 2.16. The van der Waals surface area contributed by atoms with Crippen LogP contribution in [0.15, 0.2) is 28.7 Å². The van der Waals surface area contributed by atoms with Crippen LogP contribution in [0, 0.1) is 0 Å². The minimum Gasteiger partial charge on any atom is -0.384 e. The molecule has 0 radical (unpaired) electrons. The zero-order valence-corrected chi connectivity index (χ0v) is 13.6. The van der Waals surface area contributed by atoms with Crippen molar-refractivity contribution >= 4 is 68.1 Å². The Morgan fingerprint density at radius 3 is 2.35 bits per heavy atom. The minimum absolute atomic E-state index is 0.00159. The maximum absolute atomic E-state index is 12.1. The van der Waals surface area contributed by atoms with Crippen LogP contribution in [0.25, 0.3) is 0 Å². The van der Waals surface area contributed by atoms with Gasteiger partial charge in [-0.1, -0.05) is 50.7 Å². The number of benzene rings is 1. The Labute approximate surface area is 138 Å². The lowest BCUT2D eigenvalue weighted by atomic mass is 10.3. The third-order valence-corrected chi connectivity index (χ3v) is 3.69. The first-order valence-electron chi connectivity index (χ1n) is 5.26. The summed E-state index contributed by atoms with van der Waals surface area (Å²) in [5, 5.41) is 3.32. The molecule has 20 heavy (non-hydrogen) atoms. The Morgan fingerprint density at radius 1 is 1.15 bits per heavy atom. The molecule has 1 aromatic carbocycles. The van der Waals surface area contributed by atoms with E-state index in [9.17, 15) is 4.79 Å². The predicted octanol–water partition coefficient (Wildman–Crippen LogP) is 4.64. The second-order valence-electron chi connectivity index (χ2n) is 3.77. The van der Waals surface area contributed by atoms with E-state index in [0.717, 1.165) is 0 Å².